The molecule has 182 valence electrons. The molecule has 0 radical (unpaired) electrons. The lowest BCUT2D eigenvalue weighted by Crippen LogP contribution is -2.53. The van der Waals surface area contributed by atoms with Crippen LogP contribution in [0.25, 0.3) is 0 Å². The Morgan fingerprint density at radius 1 is 0.800 bits per heavy atom. The second-order valence-corrected chi connectivity index (χ2v) is 9.36. The molecule has 0 spiro atoms. The molecule has 3 aromatic carbocycles. The van der Waals surface area contributed by atoms with Crippen molar-refractivity contribution in [2.45, 2.75) is 63.6 Å². The van der Waals surface area contributed by atoms with Crippen LogP contribution in [0.4, 0.5) is 4.39 Å². The lowest BCUT2D eigenvalue weighted by atomic mass is 9.94. The van der Waals surface area contributed by atoms with Gasteiger partial charge in [-0.2, -0.15) is 0 Å². The number of carbonyl (C=O) groups is 2. The highest BCUT2D eigenvalue weighted by Crippen LogP contribution is 2.20. The zero-order valence-electron chi connectivity index (χ0n) is 20.0. The Kier molecular flexibility index (Phi) is 8.66. The fraction of sp³-hybridized carbons (Fsp3) is 0.333. The van der Waals surface area contributed by atoms with Gasteiger partial charge in [0.2, 0.25) is 11.8 Å². The van der Waals surface area contributed by atoms with Crippen molar-refractivity contribution in [2.75, 3.05) is 0 Å². The fourth-order valence-electron chi connectivity index (χ4n) is 4.76. The van der Waals surface area contributed by atoms with Crippen LogP contribution in [0.15, 0.2) is 84.9 Å². The number of nitrogens with one attached hydrogen (secondary N) is 1. The summed E-state index contributed by atoms with van der Waals surface area (Å²) in [4.78, 5) is 29.1. The molecule has 1 aliphatic carbocycles. The van der Waals surface area contributed by atoms with E-state index in [1.165, 1.54) is 18.6 Å². The molecule has 5 heteroatoms. The molecule has 0 saturated heterocycles. The lowest BCUT2D eigenvalue weighted by Gasteiger charge is -2.33. The van der Waals surface area contributed by atoms with Gasteiger partial charge in [0, 0.05) is 19.0 Å². The zero-order valence-corrected chi connectivity index (χ0v) is 20.0. The molecule has 0 bridgehead atoms. The number of halogens is 1. The molecular weight excluding hydrogens is 439 g/mol. The summed E-state index contributed by atoms with van der Waals surface area (Å²) in [6, 6.07) is 25.1. The van der Waals surface area contributed by atoms with Crippen molar-refractivity contribution < 1.29 is 14.0 Å². The molecular formula is C30H33FN2O2. The normalized spacial score (nSPS) is 14.8. The Bertz CT molecular complexity index is 1080. The molecule has 1 N–H and O–H groups in total. The van der Waals surface area contributed by atoms with Crippen molar-refractivity contribution >= 4 is 11.8 Å². The summed E-state index contributed by atoms with van der Waals surface area (Å²) in [7, 11) is 0. The van der Waals surface area contributed by atoms with Gasteiger partial charge in [-0.15, -0.1) is 0 Å². The Morgan fingerprint density at radius 2 is 1.40 bits per heavy atom. The first-order valence-corrected chi connectivity index (χ1v) is 12.5. The highest BCUT2D eigenvalue weighted by molar-refractivity contribution is 5.89. The van der Waals surface area contributed by atoms with Crippen LogP contribution < -0.4 is 5.32 Å². The molecule has 0 heterocycles. The largest absolute Gasteiger partial charge is 0.352 e. The van der Waals surface area contributed by atoms with Crippen LogP contribution in [-0.4, -0.2) is 28.8 Å². The summed E-state index contributed by atoms with van der Waals surface area (Å²) in [6.07, 6.45) is 5.93. The SMILES string of the molecule is O=C(NC1CCCCC1)[C@H](Cc1ccccc1)N(Cc1ccccc1)C(=O)Cc1ccc(F)cc1. The summed E-state index contributed by atoms with van der Waals surface area (Å²) in [6.45, 7) is 0.330. The third kappa shape index (κ3) is 7.25. The summed E-state index contributed by atoms with van der Waals surface area (Å²) in [5, 5.41) is 3.25. The first-order chi connectivity index (χ1) is 17.1. The maximum Gasteiger partial charge on any atom is 0.243 e. The van der Waals surface area contributed by atoms with Gasteiger partial charge < -0.3 is 10.2 Å². The van der Waals surface area contributed by atoms with Gasteiger partial charge in [0.05, 0.1) is 6.42 Å². The maximum absolute atomic E-state index is 13.7. The van der Waals surface area contributed by atoms with Gasteiger partial charge in [-0.1, -0.05) is 92.1 Å². The second-order valence-electron chi connectivity index (χ2n) is 9.36. The van der Waals surface area contributed by atoms with E-state index < -0.39 is 6.04 Å². The Morgan fingerprint density at radius 3 is 2.03 bits per heavy atom. The highest BCUT2D eigenvalue weighted by atomic mass is 19.1. The quantitative estimate of drug-likeness (QED) is 0.450. The number of hydrogen-bond acceptors (Lipinski definition) is 2. The Balaban J connectivity index is 1.63. The summed E-state index contributed by atoms with van der Waals surface area (Å²) < 4.78 is 13.4. The van der Waals surface area contributed by atoms with E-state index in [1.807, 2.05) is 60.7 Å². The predicted molar refractivity (Wildman–Crippen MR) is 136 cm³/mol. The van der Waals surface area contributed by atoms with Gasteiger partial charge in [-0.25, -0.2) is 4.39 Å². The monoisotopic (exact) mass is 472 g/mol. The van der Waals surface area contributed by atoms with E-state index in [0.29, 0.717) is 13.0 Å². The number of carbonyl (C=O) groups excluding carboxylic acids is 2. The van der Waals surface area contributed by atoms with Crippen LogP contribution in [0.3, 0.4) is 0 Å². The van der Waals surface area contributed by atoms with Crippen molar-refractivity contribution in [3.63, 3.8) is 0 Å². The first-order valence-electron chi connectivity index (χ1n) is 12.5. The van der Waals surface area contributed by atoms with E-state index in [1.54, 1.807) is 17.0 Å². The molecule has 1 aliphatic rings. The highest BCUT2D eigenvalue weighted by Gasteiger charge is 2.31. The Labute approximate surface area is 207 Å². The van der Waals surface area contributed by atoms with Crippen LogP contribution in [0.5, 0.6) is 0 Å². The average molecular weight is 473 g/mol. The van der Waals surface area contributed by atoms with E-state index in [-0.39, 0.29) is 30.1 Å². The molecule has 1 atom stereocenters. The molecule has 0 aromatic heterocycles. The van der Waals surface area contributed by atoms with Gasteiger partial charge in [0.25, 0.3) is 0 Å². The standard InChI is InChI=1S/C30H33FN2O2/c31-26-18-16-24(17-19-26)21-29(34)33(22-25-12-6-2-7-13-25)28(20-23-10-4-1-5-11-23)30(35)32-27-14-8-3-9-15-27/h1-2,4-7,10-13,16-19,27-28H,3,8-9,14-15,20-22H2,(H,32,35)/t28-/m0/s1. The maximum atomic E-state index is 13.7. The summed E-state index contributed by atoms with van der Waals surface area (Å²) in [5.74, 6) is -0.597. The minimum absolute atomic E-state index is 0.106. The van der Waals surface area contributed by atoms with Crippen molar-refractivity contribution in [1.82, 2.24) is 10.2 Å². The van der Waals surface area contributed by atoms with E-state index >= 15 is 0 Å². The van der Waals surface area contributed by atoms with E-state index in [2.05, 4.69) is 5.32 Å². The van der Waals surface area contributed by atoms with Gasteiger partial charge >= 0.3 is 0 Å². The molecule has 0 aliphatic heterocycles. The number of rotatable bonds is 9. The second kappa shape index (κ2) is 12.3. The minimum atomic E-state index is -0.646. The fourth-order valence-corrected chi connectivity index (χ4v) is 4.76. The molecule has 4 nitrogen and oxygen atoms in total. The van der Waals surface area contributed by atoms with Crippen LogP contribution in [0.1, 0.15) is 48.8 Å². The first kappa shape index (κ1) is 24.6. The predicted octanol–water partition coefficient (Wildman–Crippen LogP) is 5.46. The number of nitrogens with zero attached hydrogens (tertiary/aromatic N) is 1. The number of amides is 2. The molecule has 1 saturated carbocycles. The lowest BCUT2D eigenvalue weighted by molar-refractivity contribution is -0.141. The van der Waals surface area contributed by atoms with Gasteiger partial charge in [0.1, 0.15) is 11.9 Å². The molecule has 2 amide bonds. The van der Waals surface area contributed by atoms with Gasteiger partial charge in [0.15, 0.2) is 0 Å². The molecule has 0 unspecified atom stereocenters. The van der Waals surface area contributed by atoms with Crippen LogP contribution >= 0.6 is 0 Å². The zero-order chi connectivity index (χ0) is 24.5. The molecule has 35 heavy (non-hydrogen) atoms. The van der Waals surface area contributed by atoms with E-state index in [4.69, 9.17) is 0 Å². The van der Waals surface area contributed by atoms with Crippen LogP contribution in [0.2, 0.25) is 0 Å². The smallest absolute Gasteiger partial charge is 0.243 e. The van der Waals surface area contributed by atoms with Crippen LogP contribution in [-0.2, 0) is 29.0 Å². The average Bonchev–Trinajstić information content (AvgIpc) is 2.89. The Hall–Kier alpha value is -3.47. The topological polar surface area (TPSA) is 49.4 Å². The van der Waals surface area contributed by atoms with Crippen molar-refractivity contribution in [1.29, 1.82) is 0 Å². The van der Waals surface area contributed by atoms with Crippen molar-refractivity contribution in [3.8, 4) is 0 Å². The number of hydrogen-bond donors (Lipinski definition) is 1. The van der Waals surface area contributed by atoms with Gasteiger partial charge in [-0.05, 0) is 41.7 Å². The third-order valence-corrected chi connectivity index (χ3v) is 6.69. The molecule has 4 rings (SSSR count). The summed E-state index contributed by atoms with van der Waals surface area (Å²) in [5.41, 5.74) is 2.69. The van der Waals surface area contributed by atoms with E-state index in [0.717, 1.165) is 42.4 Å². The van der Waals surface area contributed by atoms with E-state index in [9.17, 15) is 14.0 Å². The molecule has 1 fully saturated rings. The van der Waals surface area contributed by atoms with Crippen molar-refractivity contribution in [2.24, 2.45) is 0 Å². The number of benzene rings is 3. The molecule has 3 aromatic rings. The summed E-state index contributed by atoms with van der Waals surface area (Å²) >= 11 is 0. The minimum Gasteiger partial charge on any atom is -0.352 e. The third-order valence-electron chi connectivity index (χ3n) is 6.69. The van der Waals surface area contributed by atoms with Crippen molar-refractivity contribution in [3.05, 3.63) is 107 Å². The van der Waals surface area contributed by atoms with Gasteiger partial charge in [-0.3, -0.25) is 9.59 Å². The van der Waals surface area contributed by atoms with Crippen LogP contribution in [0, 0.1) is 5.82 Å².